The van der Waals surface area contributed by atoms with E-state index in [-0.39, 0.29) is 12.3 Å². The summed E-state index contributed by atoms with van der Waals surface area (Å²) in [5.74, 6) is 1.27. The minimum absolute atomic E-state index is 0.112. The molecule has 2 aromatic rings. The van der Waals surface area contributed by atoms with Crippen LogP contribution in [0.4, 0.5) is 5.69 Å². The van der Waals surface area contributed by atoms with Gasteiger partial charge in [-0.1, -0.05) is 39.0 Å². The Balaban J connectivity index is 1.70. The van der Waals surface area contributed by atoms with Gasteiger partial charge in [0, 0.05) is 10.6 Å². The maximum atomic E-state index is 5.86. The number of benzene rings is 1. The van der Waals surface area contributed by atoms with Crippen LogP contribution in [-0.2, 0) is 4.74 Å². The van der Waals surface area contributed by atoms with Crippen LogP contribution in [0.1, 0.15) is 55.2 Å². The lowest BCUT2D eigenvalue weighted by Crippen LogP contribution is -2.09. The summed E-state index contributed by atoms with van der Waals surface area (Å²) in [5.41, 5.74) is 3.94. The van der Waals surface area contributed by atoms with Gasteiger partial charge in [0.2, 0.25) is 0 Å². The van der Waals surface area contributed by atoms with Crippen LogP contribution in [0.25, 0.3) is 0 Å². The van der Waals surface area contributed by atoms with E-state index in [1.54, 1.807) is 11.3 Å². The second kappa shape index (κ2) is 6.43. The van der Waals surface area contributed by atoms with Crippen molar-refractivity contribution >= 4 is 17.0 Å². The minimum atomic E-state index is 0.112. The Morgan fingerprint density at radius 1 is 1.18 bits per heavy atom. The number of hydrogen-bond donors (Lipinski definition) is 1. The molecule has 0 amide bonds. The zero-order valence-electron chi connectivity index (χ0n) is 13.8. The Morgan fingerprint density at radius 3 is 2.64 bits per heavy atom. The number of thiophene rings is 1. The van der Waals surface area contributed by atoms with Gasteiger partial charge in [-0.25, -0.2) is 0 Å². The molecule has 0 bridgehead atoms. The van der Waals surface area contributed by atoms with Crippen LogP contribution in [0, 0.1) is 12.8 Å². The molecule has 118 valence electrons. The standard InChI is InChI=1S/C19H25NOS/c1-12(2)11-13(3)15-7-5-6-8-17(15)20-19-18(21-19)16-9-10-22-14(16)4/h5-10,12-13,18-20H,11H2,1-4H3. The average molecular weight is 315 g/mol. The monoisotopic (exact) mass is 315 g/mol. The summed E-state index contributed by atoms with van der Waals surface area (Å²) in [7, 11) is 0. The summed E-state index contributed by atoms with van der Waals surface area (Å²) in [5, 5.41) is 5.73. The normalized spacial score (nSPS) is 21.9. The Labute approximate surface area is 137 Å². The molecule has 1 aromatic heterocycles. The van der Waals surface area contributed by atoms with E-state index >= 15 is 0 Å². The fraction of sp³-hybridized carbons (Fsp3) is 0.474. The molecule has 1 fully saturated rings. The molecule has 3 rings (SSSR count). The van der Waals surface area contributed by atoms with Crippen molar-refractivity contribution in [1.82, 2.24) is 0 Å². The zero-order chi connectivity index (χ0) is 15.7. The molecule has 1 aromatic carbocycles. The molecule has 3 atom stereocenters. The molecule has 0 saturated carbocycles. The van der Waals surface area contributed by atoms with Gasteiger partial charge in [-0.15, -0.1) is 11.3 Å². The van der Waals surface area contributed by atoms with Crippen LogP contribution >= 0.6 is 11.3 Å². The van der Waals surface area contributed by atoms with Gasteiger partial charge in [-0.05, 0) is 53.8 Å². The van der Waals surface area contributed by atoms with Crippen LogP contribution in [0.15, 0.2) is 35.7 Å². The predicted molar refractivity (Wildman–Crippen MR) is 94.6 cm³/mol. The quantitative estimate of drug-likeness (QED) is 0.690. The van der Waals surface area contributed by atoms with Gasteiger partial charge in [0.25, 0.3) is 0 Å². The first-order valence-corrected chi connectivity index (χ1v) is 8.99. The molecule has 1 aliphatic rings. The number of anilines is 1. The smallest absolute Gasteiger partial charge is 0.159 e. The van der Waals surface area contributed by atoms with Gasteiger partial charge in [0.05, 0.1) is 0 Å². The molecule has 2 nitrogen and oxygen atoms in total. The van der Waals surface area contributed by atoms with E-state index in [0.29, 0.717) is 11.8 Å². The minimum Gasteiger partial charge on any atom is -0.357 e. The van der Waals surface area contributed by atoms with Gasteiger partial charge in [-0.3, -0.25) is 0 Å². The number of aryl methyl sites for hydroxylation is 1. The van der Waals surface area contributed by atoms with E-state index in [1.807, 2.05) is 0 Å². The summed E-state index contributed by atoms with van der Waals surface area (Å²) in [4.78, 5) is 1.36. The number of epoxide rings is 1. The van der Waals surface area contributed by atoms with Crippen molar-refractivity contribution in [3.05, 3.63) is 51.7 Å². The van der Waals surface area contributed by atoms with E-state index in [1.165, 1.54) is 28.1 Å². The molecular weight excluding hydrogens is 290 g/mol. The summed E-state index contributed by atoms with van der Waals surface area (Å²) in [6.45, 7) is 9.05. The topological polar surface area (TPSA) is 24.6 Å². The first-order valence-electron chi connectivity index (χ1n) is 8.11. The van der Waals surface area contributed by atoms with Crippen molar-refractivity contribution < 1.29 is 4.74 Å². The van der Waals surface area contributed by atoms with Crippen LogP contribution in [0.5, 0.6) is 0 Å². The van der Waals surface area contributed by atoms with Gasteiger partial charge in [0.1, 0.15) is 6.10 Å². The SMILES string of the molecule is Cc1sccc1C1OC1Nc1ccccc1C(C)CC(C)C. The number of nitrogens with one attached hydrogen (secondary N) is 1. The summed E-state index contributed by atoms with van der Waals surface area (Å²) >= 11 is 1.79. The average Bonchev–Trinajstić information content (AvgIpc) is 3.09. The van der Waals surface area contributed by atoms with Crippen molar-refractivity contribution in [1.29, 1.82) is 0 Å². The molecule has 0 radical (unpaired) electrons. The summed E-state index contributed by atoms with van der Waals surface area (Å²) < 4.78 is 5.86. The third-order valence-corrected chi connectivity index (χ3v) is 5.17. The summed E-state index contributed by atoms with van der Waals surface area (Å²) in [6, 6.07) is 10.8. The van der Waals surface area contributed by atoms with Crippen molar-refractivity contribution in [2.24, 2.45) is 5.92 Å². The Morgan fingerprint density at radius 2 is 1.95 bits per heavy atom. The van der Waals surface area contributed by atoms with Crippen LogP contribution in [-0.4, -0.2) is 6.23 Å². The highest BCUT2D eigenvalue weighted by molar-refractivity contribution is 7.10. The molecule has 3 unspecified atom stereocenters. The molecular formula is C19H25NOS. The maximum absolute atomic E-state index is 5.86. The highest BCUT2D eigenvalue weighted by Gasteiger charge is 2.41. The number of para-hydroxylation sites is 1. The first kappa shape index (κ1) is 15.6. The van der Waals surface area contributed by atoms with E-state index in [0.717, 1.165) is 0 Å². The van der Waals surface area contributed by atoms with Crippen LogP contribution in [0.3, 0.4) is 0 Å². The Hall–Kier alpha value is -1.32. The highest BCUT2D eigenvalue weighted by atomic mass is 32.1. The molecule has 1 N–H and O–H groups in total. The largest absolute Gasteiger partial charge is 0.357 e. The number of rotatable bonds is 6. The second-order valence-corrected chi connectivity index (χ2v) is 7.79. The third kappa shape index (κ3) is 3.36. The molecule has 0 spiro atoms. The van der Waals surface area contributed by atoms with Crippen LogP contribution in [0.2, 0.25) is 0 Å². The molecule has 1 saturated heterocycles. The van der Waals surface area contributed by atoms with Crippen molar-refractivity contribution in [2.75, 3.05) is 5.32 Å². The third-order valence-electron chi connectivity index (χ3n) is 4.31. The van der Waals surface area contributed by atoms with E-state index in [4.69, 9.17) is 4.74 Å². The Bertz CT molecular complexity index is 634. The fourth-order valence-electron chi connectivity index (χ4n) is 3.19. The number of hydrogen-bond acceptors (Lipinski definition) is 3. The lowest BCUT2D eigenvalue weighted by Gasteiger charge is -2.18. The molecule has 1 aliphatic heterocycles. The predicted octanol–water partition coefficient (Wildman–Crippen LogP) is 5.72. The van der Waals surface area contributed by atoms with Gasteiger partial charge < -0.3 is 10.1 Å². The van der Waals surface area contributed by atoms with E-state index in [2.05, 4.69) is 68.7 Å². The van der Waals surface area contributed by atoms with E-state index in [9.17, 15) is 0 Å². The second-order valence-electron chi connectivity index (χ2n) is 6.67. The Kier molecular flexibility index (Phi) is 4.55. The van der Waals surface area contributed by atoms with Crippen molar-refractivity contribution in [3.63, 3.8) is 0 Å². The molecule has 0 aliphatic carbocycles. The lowest BCUT2D eigenvalue weighted by atomic mass is 9.91. The summed E-state index contributed by atoms with van der Waals surface area (Å²) in [6.07, 6.45) is 1.53. The highest BCUT2D eigenvalue weighted by Crippen LogP contribution is 2.43. The zero-order valence-corrected chi connectivity index (χ0v) is 14.6. The molecule has 22 heavy (non-hydrogen) atoms. The number of ether oxygens (including phenoxy) is 1. The van der Waals surface area contributed by atoms with Crippen molar-refractivity contribution in [2.45, 2.75) is 52.4 Å². The van der Waals surface area contributed by atoms with Gasteiger partial charge >= 0.3 is 0 Å². The van der Waals surface area contributed by atoms with Gasteiger partial charge in [0.15, 0.2) is 6.23 Å². The molecule has 3 heteroatoms. The molecule has 2 heterocycles. The lowest BCUT2D eigenvalue weighted by molar-refractivity contribution is 0.386. The van der Waals surface area contributed by atoms with Crippen LogP contribution < -0.4 is 5.32 Å². The first-order chi connectivity index (χ1) is 10.6. The maximum Gasteiger partial charge on any atom is 0.159 e. The van der Waals surface area contributed by atoms with Gasteiger partial charge in [-0.2, -0.15) is 0 Å². The van der Waals surface area contributed by atoms with E-state index < -0.39 is 0 Å². The fourth-order valence-corrected chi connectivity index (χ4v) is 3.93. The van der Waals surface area contributed by atoms with Crippen molar-refractivity contribution in [3.8, 4) is 0 Å².